The van der Waals surface area contributed by atoms with Crippen molar-refractivity contribution >= 4 is 11.8 Å². The summed E-state index contributed by atoms with van der Waals surface area (Å²) in [6, 6.07) is 0.309. The van der Waals surface area contributed by atoms with Gasteiger partial charge in [-0.25, -0.2) is 4.68 Å². The molecule has 1 unspecified atom stereocenters. The van der Waals surface area contributed by atoms with Crippen LogP contribution in [0, 0.1) is 5.92 Å². The van der Waals surface area contributed by atoms with Gasteiger partial charge in [-0.1, -0.05) is 18.6 Å². The normalized spacial score (nSPS) is 21.6. The number of likely N-dealkylation sites (tertiary alicyclic amines) is 1. The number of carbonyl (C=O) groups excluding carboxylic acids is 2. The third kappa shape index (κ3) is 4.60. The summed E-state index contributed by atoms with van der Waals surface area (Å²) in [4.78, 5) is 26.8. The van der Waals surface area contributed by atoms with Crippen molar-refractivity contribution < 1.29 is 9.59 Å². The molecule has 1 aromatic heterocycles. The van der Waals surface area contributed by atoms with Gasteiger partial charge in [-0.2, -0.15) is 0 Å². The van der Waals surface area contributed by atoms with Gasteiger partial charge in [0, 0.05) is 19.6 Å². The maximum atomic E-state index is 12.8. The molecule has 26 heavy (non-hydrogen) atoms. The molecule has 1 atom stereocenters. The van der Waals surface area contributed by atoms with Gasteiger partial charge < -0.3 is 15.5 Å². The first-order chi connectivity index (χ1) is 12.7. The van der Waals surface area contributed by atoms with E-state index in [1.165, 1.54) is 0 Å². The van der Waals surface area contributed by atoms with Gasteiger partial charge in [0.15, 0.2) is 5.69 Å². The second-order valence-electron chi connectivity index (χ2n) is 7.30. The van der Waals surface area contributed by atoms with Crippen LogP contribution < -0.4 is 10.6 Å². The Balaban J connectivity index is 1.57. The van der Waals surface area contributed by atoms with Crippen LogP contribution in [0.2, 0.25) is 0 Å². The first-order valence-electron chi connectivity index (χ1n) is 9.88. The minimum atomic E-state index is -0.121. The predicted octanol–water partition coefficient (Wildman–Crippen LogP) is 0.971. The molecule has 3 heterocycles. The van der Waals surface area contributed by atoms with Crippen LogP contribution in [0.5, 0.6) is 0 Å². The Morgan fingerprint density at radius 1 is 1.31 bits per heavy atom. The standard InChI is InChI=1S/C18H30N6O2/c1-2-3-8-20-17(25)14-5-4-11-23(12-14)18(26)16-13-24(22-21-16)15-6-9-19-10-7-15/h13-15,19H,2-12H2,1H3,(H,20,25). The zero-order chi connectivity index (χ0) is 18.4. The Hall–Kier alpha value is -1.96. The summed E-state index contributed by atoms with van der Waals surface area (Å²) in [7, 11) is 0. The maximum Gasteiger partial charge on any atom is 0.276 e. The molecule has 8 heteroatoms. The lowest BCUT2D eigenvalue weighted by atomic mass is 9.97. The van der Waals surface area contributed by atoms with Crippen LogP contribution in [0.15, 0.2) is 6.20 Å². The third-order valence-electron chi connectivity index (χ3n) is 5.32. The van der Waals surface area contributed by atoms with Crippen molar-refractivity contribution in [2.24, 2.45) is 5.92 Å². The summed E-state index contributed by atoms with van der Waals surface area (Å²) >= 11 is 0. The van der Waals surface area contributed by atoms with E-state index in [2.05, 4.69) is 27.9 Å². The molecule has 3 rings (SSSR count). The number of carbonyl (C=O) groups is 2. The fourth-order valence-corrected chi connectivity index (χ4v) is 3.69. The van der Waals surface area contributed by atoms with Gasteiger partial charge >= 0.3 is 0 Å². The Morgan fingerprint density at radius 2 is 2.12 bits per heavy atom. The molecule has 2 amide bonds. The third-order valence-corrected chi connectivity index (χ3v) is 5.32. The Bertz CT molecular complexity index is 611. The number of nitrogens with zero attached hydrogens (tertiary/aromatic N) is 4. The van der Waals surface area contributed by atoms with E-state index in [1.807, 2.05) is 4.68 Å². The molecular formula is C18H30N6O2. The van der Waals surface area contributed by atoms with E-state index >= 15 is 0 Å². The highest BCUT2D eigenvalue weighted by Gasteiger charge is 2.30. The fourth-order valence-electron chi connectivity index (χ4n) is 3.69. The Labute approximate surface area is 154 Å². The summed E-state index contributed by atoms with van der Waals surface area (Å²) in [5.74, 6) is -0.172. The number of rotatable bonds is 6. The SMILES string of the molecule is CCCCNC(=O)C1CCCN(C(=O)c2cn(C3CCNCC3)nn2)C1. The van der Waals surface area contributed by atoms with Gasteiger partial charge in [-0.3, -0.25) is 9.59 Å². The lowest BCUT2D eigenvalue weighted by molar-refractivity contribution is -0.126. The number of nitrogens with one attached hydrogen (secondary N) is 2. The van der Waals surface area contributed by atoms with Crippen LogP contribution >= 0.6 is 0 Å². The van der Waals surface area contributed by atoms with E-state index in [9.17, 15) is 9.59 Å². The number of piperidine rings is 2. The van der Waals surface area contributed by atoms with Gasteiger partial charge in [-0.05, 0) is 45.2 Å². The van der Waals surface area contributed by atoms with E-state index in [-0.39, 0.29) is 17.7 Å². The van der Waals surface area contributed by atoms with Crippen molar-refractivity contribution in [1.82, 2.24) is 30.5 Å². The van der Waals surface area contributed by atoms with Crippen molar-refractivity contribution in [3.8, 4) is 0 Å². The minimum Gasteiger partial charge on any atom is -0.356 e. The van der Waals surface area contributed by atoms with Crippen molar-refractivity contribution in [2.75, 3.05) is 32.7 Å². The molecule has 0 saturated carbocycles. The zero-order valence-electron chi connectivity index (χ0n) is 15.6. The van der Waals surface area contributed by atoms with Crippen molar-refractivity contribution in [3.05, 3.63) is 11.9 Å². The highest BCUT2D eigenvalue weighted by Crippen LogP contribution is 2.20. The first-order valence-corrected chi connectivity index (χ1v) is 9.88. The quantitative estimate of drug-likeness (QED) is 0.736. The van der Waals surface area contributed by atoms with Crippen molar-refractivity contribution in [2.45, 2.75) is 51.5 Å². The second kappa shape index (κ2) is 9.12. The van der Waals surface area contributed by atoms with Crippen LogP contribution in [-0.4, -0.2) is 64.4 Å². The molecule has 0 aromatic carbocycles. The Kier molecular flexibility index (Phi) is 6.60. The lowest BCUT2D eigenvalue weighted by Crippen LogP contribution is -2.45. The summed E-state index contributed by atoms with van der Waals surface area (Å²) in [6.45, 7) is 5.90. The highest BCUT2D eigenvalue weighted by atomic mass is 16.2. The lowest BCUT2D eigenvalue weighted by Gasteiger charge is -2.31. The second-order valence-corrected chi connectivity index (χ2v) is 7.30. The average molecular weight is 362 g/mol. The summed E-state index contributed by atoms with van der Waals surface area (Å²) in [5.41, 5.74) is 0.385. The molecule has 2 saturated heterocycles. The largest absolute Gasteiger partial charge is 0.356 e. The number of unbranched alkanes of at least 4 members (excludes halogenated alkanes) is 1. The van der Waals surface area contributed by atoms with Crippen molar-refractivity contribution in [3.63, 3.8) is 0 Å². The van der Waals surface area contributed by atoms with E-state index < -0.39 is 0 Å². The molecule has 2 aliphatic rings. The first kappa shape index (κ1) is 18.8. The molecule has 8 nitrogen and oxygen atoms in total. The molecule has 0 aliphatic carbocycles. The van der Waals surface area contributed by atoms with Crippen LogP contribution in [0.25, 0.3) is 0 Å². The fraction of sp³-hybridized carbons (Fsp3) is 0.778. The molecule has 144 valence electrons. The molecule has 2 fully saturated rings. The van der Waals surface area contributed by atoms with E-state index in [1.54, 1.807) is 11.1 Å². The molecule has 0 radical (unpaired) electrons. The molecule has 0 bridgehead atoms. The number of hydrogen-bond acceptors (Lipinski definition) is 5. The zero-order valence-corrected chi connectivity index (χ0v) is 15.6. The van der Waals surface area contributed by atoms with Gasteiger partial charge in [-0.15, -0.1) is 5.10 Å². The minimum absolute atomic E-state index is 0.0642. The van der Waals surface area contributed by atoms with Gasteiger partial charge in [0.25, 0.3) is 5.91 Å². The van der Waals surface area contributed by atoms with E-state index in [0.717, 1.165) is 51.6 Å². The van der Waals surface area contributed by atoms with E-state index in [4.69, 9.17) is 0 Å². The average Bonchev–Trinajstić information content (AvgIpc) is 3.18. The predicted molar refractivity (Wildman–Crippen MR) is 97.7 cm³/mol. The number of hydrogen-bond donors (Lipinski definition) is 2. The molecular weight excluding hydrogens is 332 g/mol. The number of aromatic nitrogens is 3. The summed E-state index contributed by atoms with van der Waals surface area (Å²) in [6.07, 6.45) is 7.50. The van der Waals surface area contributed by atoms with Crippen molar-refractivity contribution in [1.29, 1.82) is 0 Å². The maximum absolute atomic E-state index is 12.8. The van der Waals surface area contributed by atoms with Crippen LogP contribution in [-0.2, 0) is 4.79 Å². The molecule has 0 spiro atoms. The summed E-state index contributed by atoms with van der Waals surface area (Å²) in [5, 5.41) is 14.6. The van der Waals surface area contributed by atoms with E-state index in [0.29, 0.717) is 31.4 Å². The molecule has 1 aromatic rings. The molecule has 2 aliphatic heterocycles. The van der Waals surface area contributed by atoms with Gasteiger partial charge in [0.1, 0.15) is 0 Å². The van der Waals surface area contributed by atoms with Gasteiger partial charge in [0.05, 0.1) is 18.2 Å². The van der Waals surface area contributed by atoms with Gasteiger partial charge in [0.2, 0.25) is 5.91 Å². The summed E-state index contributed by atoms with van der Waals surface area (Å²) < 4.78 is 1.83. The van der Waals surface area contributed by atoms with Crippen LogP contribution in [0.1, 0.15) is 62.0 Å². The Morgan fingerprint density at radius 3 is 2.88 bits per heavy atom. The number of amides is 2. The topological polar surface area (TPSA) is 92.2 Å². The smallest absolute Gasteiger partial charge is 0.276 e. The van der Waals surface area contributed by atoms with Crippen LogP contribution in [0.3, 0.4) is 0 Å². The highest BCUT2D eigenvalue weighted by molar-refractivity contribution is 5.92. The monoisotopic (exact) mass is 362 g/mol. The molecule has 2 N–H and O–H groups in total. The van der Waals surface area contributed by atoms with Crippen LogP contribution in [0.4, 0.5) is 0 Å².